The molecule has 2 unspecified atom stereocenters. The van der Waals surface area contributed by atoms with Gasteiger partial charge in [0.15, 0.2) is 17.3 Å². The van der Waals surface area contributed by atoms with Crippen molar-refractivity contribution in [2.45, 2.75) is 25.3 Å². The van der Waals surface area contributed by atoms with Gasteiger partial charge < -0.3 is 15.5 Å². The number of aromatic hydroxyl groups is 2. The maximum absolute atomic E-state index is 11.5. The van der Waals surface area contributed by atoms with Crippen molar-refractivity contribution in [1.82, 2.24) is 5.32 Å². The molecule has 1 aromatic carbocycles. The number of piperidine rings is 1. The fraction of sp³-hybridized carbons (Fsp3) is 0.438. The van der Waals surface area contributed by atoms with Gasteiger partial charge in [0.25, 0.3) is 0 Å². The summed E-state index contributed by atoms with van der Waals surface area (Å²) in [6.07, 6.45) is 5.96. The number of allylic oxidation sites excluding steroid dienone is 1. The zero-order valence-corrected chi connectivity index (χ0v) is 12.3. The highest BCUT2D eigenvalue weighted by molar-refractivity contribution is 6.31. The van der Waals surface area contributed by atoms with Gasteiger partial charge in [-0.15, -0.1) is 0 Å². The van der Waals surface area contributed by atoms with E-state index in [1.807, 2.05) is 6.08 Å². The Balaban J connectivity index is 1.82. The predicted octanol–water partition coefficient (Wildman–Crippen LogP) is 2.42. The molecule has 3 rings (SSSR count). The number of carbonyl (C=O) groups excluding carboxylic acids is 1. The Morgan fingerprint density at radius 1 is 1.29 bits per heavy atom. The molecule has 0 bridgehead atoms. The number of hydrogen-bond acceptors (Lipinski definition) is 4. The van der Waals surface area contributed by atoms with Crippen LogP contribution in [0, 0.1) is 11.8 Å². The zero-order chi connectivity index (χ0) is 15.0. The molecule has 3 N–H and O–H groups in total. The van der Waals surface area contributed by atoms with E-state index in [2.05, 4.69) is 5.32 Å². The number of carbonyl (C=O) groups is 1. The molecule has 4 nitrogen and oxygen atoms in total. The normalized spacial score (nSPS) is 28.4. The second-order valence-electron chi connectivity index (χ2n) is 5.85. The average Bonchev–Trinajstić information content (AvgIpc) is 2.44. The van der Waals surface area contributed by atoms with Crippen LogP contribution in [0.5, 0.6) is 11.5 Å². The number of phenolic OH excluding ortho intramolecular Hbond substituents is 2. The lowest BCUT2D eigenvalue weighted by Gasteiger charge is -2.39. The van der Waals surface area contributed by atoms with Crippen molar-refractivity contribution in [1.29, 1.82) is 0 Å². The molecule has 1 aromatic rings. The molecular formula is C16H18ClNO3. The first-order valence-electron chi connectivity index (χ1n) is 7.19. The van der Waals surface area contributed by atoms with Crippen LogP contribution in [0.2, 0.25) is 5.02 Å². The third-order valence-corrected chi connectivity index (χ3v) is 4.83. The fourth-order valence-corrected chi connectivity index (χ4v) is 3.62. The number of hydrogen-bond donors (Lipinski definition) is 3. The minimum absolute atomic E-state index is 0.156. The van der Waals surface area contributed by atoms with E-state index in [0.717, 1.165) is 18.5 Å². The molecule has 1 fully saturated rings. The largest absolute Gasteiger partial charge is 0.504 e. The summed E-state index contributed by atoms with van der Waals surface area (Å²) < 4.78 is 0. The molecule has 112 valence electrons. The van der Waals surface area contributed by atoms with E-state index < -0.39 is 0 Å². The zero-order valence-electron chi connectivity index (χ0n) is 11.6. The van der Waals surface area contributed by atoms with E-state index >= 15 is 0 Å². The van der Waals surface area contributed by atoms with Crippen LogP contribution < -0.4 is 5.32 Å². The SMILES string of the molecule is O=C1C=CC2C(CCN[C@H]2Cc2cc(O)c(O)cc2Cl)C1. The van der Waals surface area contributed by atoms with Gasteiger partial charge in [-0.2, -0.15) is 0 Å². The lowest BCUT2D eigenvalue weighted by Crippen LogP contribution is -2.48. The molecule has 21 heavy (non-hydrogen) atoms. The molecule has 3 atom stereocenters. The third-order valence-electron chi connectivity index (χ3n) is 4.48. The summed E-state index contributed by atoms with van der Waals surface area (Å²) >= 11 is 6.15. The van der Waals surface area contributed by atoms with Gasteiger partial charge in [-0.05, 0) is 48.9 Å². The summed E-state index contributed by atoms with van der Waals surface area (Å²) in [5, 5.41) is 23.0. The van der Waals surface area contributed by atoms with Gasteiger partial charge in [-0.25, -0.2) is 0 Å². The number of halogens is 1. The fourth-order valence-electron chi connectivity index (χ4n) is 3.38. The summed E-state index contributed by atoms with van der Waals surface area (Å²) in [5.41, 5.74) is 0.801. The van der Waals surface area contributed by atoms with Crippen LogP contribution in [-0.4, -0.2) is 28.6 Å². The van der Waals surface area contributed by atoms with E-state index in [1.165, 1.54) is 12.1 Å². The van der Waals surface area contributed by atoms with E-state index in [0.29, 0.717) is 29.7 Å². The molecule has 1 aliphatic heterocycles. The number of fused-ring (bicyclic) bond motifs is 1. The lowest BCUT2D eigenvalue weighted by atomic mass is 9.73. The van der Waals surface area contributed by atoms with Crippen molar-refractivity contribution in [3.63, 3.8) is 0 Å². The van der Waals surface area contributed by atoms with Crippen LogP contribution in [0.3, 0.4) is 0 Å². The van der Waals surface area contributed by atoms with E-state index in [9.17, 15) is 15.0 Å². The molecule has 1 saturated heterocycles. The highest BCUT2D eigenvalue weighted by Gasteiger charge is 2.34. The van der Waals surface area contributed by atoms with Crippen LogP contribution in [0.25, 0.3) is 0 Å². The molecule has 0 radical (unpaired) electrons. The van der Waals surface area contributed by atoms with Crippen molar-refractivity contribution < 1.29 is 15.0 Å². The van der Waals surface area contributed by atoms with Crippen molar-refractivity contribution in [3.8, 4) is 11.5 Å². The smallest absolute Gasteiger partial charge is 0.158 e. The number of nitrogens with one attached hydrogen (secondary N) is 1. The first-order chi connectivity index (χ1) is 10.0. The van der Waals surface area contributed by atoms with Crippen molar-refractivity contribution >= 4 is 17.4 Å². The first kappa shape index (κ1) is 14.4. The second kappa shape index (κ2) is 5.70. The lowest BCUT2D eigenvalue weighted by molar-refractivity contribution is -0.116. The molecule has 0 saturated carbocycles. The van der Waals surface area contributed by atoms with Crippen molar-refractivity contribution in [2.75, 3.05) is 6.54 Å². The van der Waals surface area contributed by atoms with Gasteiger partial charge in [0, 0.05) is 23.6 Å². The maximum atomic E-state index is 11.5. The molecule has 0 spiro atoms. The molecule has 0 aromatic heterocycles. The van der Waals surface area contributed by atoms with Crippen LogP contribution in [0.4, 0.5) is 0 Å². The van der Waals surface area contributed by atoms with Gasteiger partial charge in [-0.3, -0.25) is 4.79 Å². The van der Waals surface area contributed by atoms with Gasteiger partial charge in [0.2, 0.25) is 0 Å². The van der Waals surface area contributed by atoms with Crippen LogP contribution in [-0.2, 0) is 11.2 Å². The summed E-state index contributed by atoms with van der Waals surface area (Å²) in [5.74, 6) is 0.538. The van der Waals surface area contributed by atoms with Crippen molar-refractivity contribution in [2.24, 2.45) is 11.8 Å². The molecule has 1 aliphatic carbocycles. The Bertz CT molecular complexity index is 599. The number of ketones is 1. The number of phenols is 2. The second-order valence-corrected chi connectivity index (χ2v) is 6.26. The van der Waals surface area contributed by atoms with Crippen LogP contribution >= 0.6 is 11.6 Å². The average molecular weight is 308 g/mol. The van der Waals surface area contributed by atoms with Crippen LogP contribution in [0.15, 0.2) is 24.3 Å². The van der Waals surface area contributed by atoms with Crippen LogP contribution in [0.1, 0.15) is 18.4 Å². The quantitative estimate of drug-likeness (QED) is 0.734. The number of rotatable bonds is 2. The van der Waals surface area contributed by atoms with Gasteiger partial charge in [-0.1, -0.05) is 17.7 Å². The molecule has 1 heterocycles. The molecule has 2 aliphatic rings. The molecule has 0 amide bonds. The minimum atomic E-state index is -0.207. The van der Waals surface area contributed by atoms with Gasteiger partial charge in [0.05, 0.1) is 0 Å². The van der Waals surface area contributed by atoms with Crippen molar-refractivity contribution in [3.05, 3.63) is 34.9 Å². The standard InChI is InChI=1S/C16H18ClNO3/c17-13-8-16(21)15(20)7-10(13)6-14-12-2-1-11(19)5-9(12)3-4-18-14/h1-2,7-9,12,14,18,20-21H,3-6H2/t9?,12?,14-/m0/s1. The summed E-state index contributed by atoms with van der Waals surface area (Å²) in [7, 11) is 0. The Labute approximate surface area is 128 Å². The Morgan fingerprint density at radius 3 is 2.86 bits per heavy atom. The van der Waals surface area contributed by atoms with E-state index in [-0.39, 0.29) is 23.3 Å². The molecule has 5 heteroatoms. The molecular weight excluding hydrogens is 290 g/mol. The maximum Gasteiger partial charge on any atom is 0.158 e. The van der Waals surface area contributed by atoms with E-state index in [4.69, 9.17) is 11.6 Å². The monoisotopic (exact) mass is 307 g/mol. The topological polar surface area (TPSA) is 69.6 Å². The highest BCUT2D eigenvalue weighted by atomic mass is 35.5. The Kier molecular flexibility index (Phi) is 3.91. The number of benzene rings is 1. The Morgan fingerprint density at radius 2 is 2.05 bits per heavy atom. The van der Waals surface area contributed by atoms with E-state index in [1.54, 1.807) is 6.08 Å². The minimum Gasteiger partial charge on any atom is -0.504 e. The van der Waals surface area contributed by atoms with Gasteiger partial charge >= 0.3 is 0 Å². The summed E-state index contributed by atoms with van der Waals surface area (Å²) in [6.45, 7) is 0.884. The third kappa shape index (κ3) is 2.92. The summed E-state index contributed by atoms with van der Waals surface area (Å²) in [4.78, 5) is 11.5. The highest BCUT2D eigenvalue weighted by Crippen LogP contribution is 2.36. The predicted molar refractivity (Wildman–Crippen MR) is 80.6 cm³/mol. The summed E-state index contributed by atoms with van der Waals surface area (Å²) in [6, 6.07) is 3.07. The van der Waals surface area contributed by atoms with Gasteiger partial charge in [0.1, 0.15) is 0 Å². The first-order valence-corrected chi connectivity index (χ1v) is 7.57. The Hall–Kier alpha value is -1.52.